The van der Waals surface area contributed by atoms with E-state index in [1.165, 1.54) is 12.0 Å². The Balaban J connectivity index is 2.08. The van der Waals surface area contributed by atoms with Crippen LogP contribution in [0.25, 0.3) is 0 Å². The molecule has 1 fully saturated rings. The Hall–Kier alpha value is -0.560. The monoisotopic (exact) mass is 164 g/mol. The third-order valence-electron chi connectivity index (χ3n) is 3.18. The largest absolute Gasteiger partial charge is 0.393 e. The summed E-state index contributed by atoms with van der Waals surface area (Å²) in [4.78, 5) is 0. The maximum Gasteiger partial charge on any atom is 0.0518 e. The van der Waals surface area contributed by atoms with Crippen LogP contribution in [0.3, 0.4) is 0 Å². The lowest BCUT2D eigenvalue weighted by atomic mass is 9.85. The van der Waals surface area contributed by atoms with Gasteiger partial charge in [0.25, 0.3) is 0 Å². The van der Waals surface area contributed by atoms with Crippen molar-refractivity contribution in [1.29, 1.82) is 0 Å². The first-order chi connectivity index (χ1) is 5.68. The summed E-state index contributed by atoms with van der Waals surface area (Å²) >= 11 is 0. The van der Waals surface area contributed by atoms with Gasteiger partial charge in [-0.25, -0.2) is 0 Å². The fourth-order valence-electron chi connectivity index (χ4n) is 2.54. The molecule has 12 heavy (non-hydrogen) atoms. The summed E-state index contributed by atoms with van der Waals surface area (Å²) in [6.07, 6.45) is 6.53. The van der Waals surface area contributed by atoms with E-state index in [0.717, 1.165) is 6.42 Å². The van der Waals surface area contributed by atoms with Gasteiger partial charge in [-0.15, -0.1) is 0 Å². The zero-order valence-electron chi connectivity index (χ0n) is 7.53. The Bertz CT molecular complexity index is 227. The summed E-state index contributed by atoms with van der Waals surface area (Å²) in [6.45, 7) is 5.97. The highest BCUT2D eigenvalue weighted by Crippen LogP contribution is 2.48. The van der Waals surface area contributed by atoms with Crippen LogP contribution in [-0.2, 0) is 0 Å². The van der Waals surface area contributed by atoms with Crippen LogP contribution in [0, 0.1) is 17.8 Å². The third-order valence-corrected chi connectivity index (χ3v) is 3.18. The van der Waals surface area contributed by atoms with E-state index >= 15 is 0 Å². The van der Waals surface area contributed by atoms with Crippen LogP contribution < -0.4 is 0 Å². The Morgan fingerprint density at radius 1 is 1.67 bits per heavy atom. The molecule has 1 nitrogen and oxygen atoms in total. The molecule has 0 radical (unpaired) electrons. The van der Waals surface area contributed by atoms with E-state index in [4.69, 9.17) is 0 Å². The van der Waals surface area contributed by atoms with Crippen LogP contribution >= 0.6 is 0 Å². The van der Waals surface area contributed by atoms with Crippen molar-refractivity contribution >= 4 is 0 Å². The average Bonchev–Trinajstić information content (AvgIpc) is 2.53. The van der Waals surface area contributed by atoms with E-state index in [9.17, 15) is 5.11 Å². The highest BCUT2D eigenvalue weighted by molar-refractivity contribution is 5.28. The van der Waals surface area contributed by atoms with E-state index in [1.54, 1.807) is 0 Å². The maximum atomic E-state index is 9.29. The number of aliphatic hydroxyl groups is 1. The number of hydrogen-bond donors (Lipinski definition) is 1. The Labute approximate surface area is 73.8 Å². The minimum atomic E-state index is -0.181. The van der Waals surface area contributed by atoms with E-state index < -0.39 is 0 Å². The van der Waals surface area contributed by atoms with Crippen molar-refractivity contribution in [2.75, 3.05) is 0 Å². The van der Waals surface area contributed by atoms with E-state index in [1.807, 2.05) is 6.92 Å². The lowest BCUT2D eigenvalue weighted by Gasteiger charge is -2.21. The van der Waals surface area contributed by atoms with Crippen molar-refractivity contribution in [3.05, 3.63) is 24.3 Å². The second-order valence-corrected chi connectivity index (χ2v) is 4.16. The maximum absolute atomic E-state index is 9.29. The molecule has 1 saturated carbocycles. The molecule has 0 aromatic rings. The molecule has 1 heteroatoms. The Morgan fingerprint density at radius 2 is 2.42 bits per heavy atom. The second kappa shape index (κ2) is 2.74. The van der Waals surface area contributed by atoms with Crippen molar-refractivity contribution in [3.8, 4) is 0 Å². The number of aliphatic hydroxyl groups excluding tert-OH is 1. The summed E-state index contributed by atoms with van der Waals surface area (Å²) < 4.78 is 0. The molecule has 0 spiro atoms. The molecule has 2 aliphatic carbocycles. The molecule has 66 valence electrons. The van der Waals surface area contributed by atoms with Gasteiger partial charge < -0.3 is 5.11 Å². The third kappa shape index (κ3) is 1.13. The van der Waals surface area contributed by atoms with Gasteiger partial charge in [0.1, 0.15) is 0 Å². The van der Waals surface area contributed by atoms with Gasteiger partial charge in [-0.3, -0.25) is 0 Å². The minimum absolute atomic E-state index is 0.181. The highest BCUT2D eigenvalue weighted by Gasteiger charge is 2.38. The van der Waals surface area contributed by atoms with Crippen molar-refractivity contribution in [1.82, 2.24) is 0 Å². The molecule has 0 aliphatic heterocycles. The van der Waals surface area contributed by atoms with Gasteiger partial charge in [-0.05, 0) is 37.5 Å². The van der Waals surface area contributed by atoms with Gasteiger partial charge in [-0.1, -0.05) is 24.3 Å². The van der Waals surface area contributed by atoms with Crippen molar-refractivity contribution in [3.63, 3.8) is 0 Å². The molecule has 4 atom stereocenters. The molecule has 1 N–H and O–H groups in total. The molecule has 0 saturated heterocycles. The average molecular weight is 164 g/mol. The van der Waals surface area contributed by atoms with Gasteiger partial charge in [-0.2, -0.15) is 0 Å². The Morgan fingerprint density at radius 3 is 2.92 bits per heavy atom. The first-order valence-electron chi connectivity index (χ1n) is 4.73. The molecular weight excluding hydrogens is 148 g/mol. The van der Waals surface area contributed by atoms with E-state index in [0.29, 0.717) is 17.8 Å². The van der Waals surface area contributed by atoms with Gasteiger partial charge in [0, 0.05) is 0 Å². The number of hydrogen-bond acceptors (Lipinski definition) is 1. The summed E-state index contributed by atoms with van der Waals surface area (Å²) in [6, 6.07) is 0. The van der Waals surface area contributed by atoms with Gasteiger partial charge in [0.05, 0.1) is 6.10 Å². The lowest BCUT2D eigenvalue weighted by molar-refractivity contribution is 0.162. The van der Waals surface area contributed by atoms with Gasteiger partial charge in [0.2, 0.25) is 0 Å². The molecule has 0 aromatic heterocycles. The van der Waals surface area contributed by atoms with Crippen molar-refractivity contribution in [2.45, 2.75) is 25.9 Å². The zero-order valence-corrected chi connectivity index (χ0v) is 7.53. The van der Waals surface area contributed by atoms with Gasteiger partial charge >= 0.3 is 0 Å². The normalized spacial score (nSPS) is 40.8. The second-order valence-electron chi connectivity index (χ2n) is 4.16. The van der Waals surface area contributed by atoms with E-state index in [-0.39, 0.29) is 6.10 Å². The standard InChI is InChI=1S/C11H16O/c1-7(12)5-11-8(2)9-3-4-10(11)6-9/h3-4,7,9-12H,2,5-6H2,1H3. The van der Waals surface area contributed by atoms with Gasteiger partial charge in [0.15, 0.2) is 0 Å². The fourth-order valence-corrected chi connectivity index (χ4v) is 2.54. The van der Waals surface area contributed by atoms with Crippen LogP contribution in [-0.4, -0.2) is 11.2 Å². The summed E-state index contributed by atoms with van der Waals surface area (Å²) in [5.74, 6) is 1.86. The number of rotatable bonds is 2. The van der Waals surface area contributed by atoms with Crippen LogP contribution in [0.4, 0.5) is 0 Å². The molecule has 0 aromatic carbocycles. The van der Waals surface area contributed by atoms with Crippen LogP contribution in [0.2, 0.25) is 0 Å². The molecule has 2 aliphatic rings. The topological polar surface area (TPSA) is 20.2 Å². The summed E-state index contributed by atoms with van der Waals surface area (Å²) in [7, 11) is 0. The SMILES string of the molecule is C=C1C2C=CC(C2)C1CC(C)O. The molecule has 2 rings (SSSR count). The first kappa shape index (κ1) is 8.06. The number of fused-ring (bicyclic) bond motifs is 2. The zero-order chi connectivity index (χ0) is 8.72. The predicted octanol–water partition coefficient (Wildman–Crippen LogP) is 2.14. The fraction of sp³-hybridized carbons (Fsp3) is 0.636. The smallest absolute Gasteiger partial charge is 0.0518 e. The quantitative estimate of drug-likeness (QED) is 0.620. The Kier molecular flexibility index (Phi) is 1.84. The summed E-state index contributed by atoms with van der Waals surface area (Å²) in [5.41, 5.74) is 1.35. The van der Waals surface area contributed by atoms with Crippen LogP contribution in [0.1, 0.15) is 19.8 Å². The van der Waals surface area contributed by atoms with E-state index in [2.05, 4.69) is 18.7 Å². The lowest BCUT2D eigenvalue weighted by Crippen LogP contribution is -2.15. The minimum Gasteiger partial charge on any atom is -0.393 e. The molecule has 0 amide bonds. The van der Waals surface area contributed by atoms with Crippen molar-refractivity contribution in [2.24, 2.45) is 17.8 Å². The molecule has 2 bridgehead atoms. The van der Waals surface area contributed by atoms with Crippen molar-refractivity contribution < 1.29 is 5.11 Å². The molecular formula is C11H16O. The van der Waals surface area contributed by atoms with Crippen LogP contribution in [0.5, 0.6) is 0 Å². The van der Waals surface area contributed by atoms with Crippen LogP contribution in [0.15, 0.2) is 24.3 Å². The number of allylic oxidation sites excluding steroid dienone is 3. The summed E-state index contributed by atoms with van der Waals surface area (Å²) in [5, 5.41) is 9.29. The highest BCUT2D eigenvalue weighted by atomic mass is 16.3. The molecule has 4 unspecified atom stereocenters. The molecule has 0 heterocycles. The predicted molar refractivity (Wildman–Crippen MR) is 49.7 cm³/mol. The first-order valence-corrected chi connectivity index (χ1v) is 4.73.